The number of aromatic nitrogens is 2. The zero-order valence-electron chi connectivity index (χ0n) is 11.1. The van der Waals surface area contributed by atoms with Crippen LogP contribution < -0.4 is 11.5 Å². The summed E-state index contributed by atoms with van der Waals surface area (Å²) in [6.07, 6.45) is 1.38. The van der Waals surface area contributed by atoms with Gasteiger partial charge in [0.2, 0.25) is 0 Å². The lowest BCUT2D eigenvalue weighted by atomic mass is 10.3. The maximum atomic E-state index is 10.8. The van der Waals surface area contributed by atoms with E-state index >= 15 is 0 Å². The highest BCUT2D eigenvalue weighted by atomic mass is 16.1. The Bertz CT molecular complexity index is 485. The van der Waals surface area contributed by atoms with Crippen LogP contribution in [0.3, 0.4) is 0 Å². The summed E-state index contributed by atoms with van der Waals surface area (Å²) in [6.45, 7) is 6.65. The molecule has 1 aromatic heterocycles. The molecule has 2 rings (SSSR count). The van der Waals surface area contributed by atoms with Gasteiger partial charge in [0.15, 0.2) is 0 Å². The number of fused-ring (bicyclic) bond motifs is 1. The highest BCUT2D eigenvalue weighted by Crippen LogP contribution is 2.07. The highest BCUT2D eigenvalue weighted by molar-refractivity contribution is 5.92. The summed E-state index contributed by atoms with van der Waals surface area (Å²) < 4.78 is 0. The van der Waals surface area contributed by atoms with Crippen molar-refractivity contribution in [2.24, 2.45) is 11.5 Å². The number of nitrogens with two attached hydrogens (primary N) is 2. The number of hydrogen-bond donors (Lipinski definition) is 2. The lowest BCUT2D eigenvalue weighted by molar-refractivity contribution is 0.0995. The molecule has 0 saturated heterocycles. The van der Waals surface area contributed by atoms with Crippen LogP contribution in [0.2, 0.25) is 0 Å². The third-order valence-electron chi connectivity index (χ3n) is 1.70. The van der Waals surface area contributed by atoms with Crippen molar-refractivity contribution in [2.75, 3.05) is 6.54 Å². The second kappa shape index (κ2) is 9.07. The van der Waals surface area contributed by atoms with Crippen molar-refractivity contribution in [1.82, 2.24) is 9.97 Å². The number of hydrogen-bond acceptors (Lipinski definition) is 4. The molecule has 0 radical (unpaired) electrons. The van der Waals surface area contributed by atoms with Crippen LogP contribution in [0.1, 0.15) is 31.3 Å². The number of carbonyl (C=O) groups is 1. The first-order valence-electron chi connectivity index (χ1n) is 5.90. The van der Waals surface area contributed by atoms with E-state index in [9.17, 15) is 4.79 Å². The average molecular weight is 248 g/mol. The van der Waals surface area contributed by atoms with Gasteiger partial charge in [-0.3, -0.25) is 9.78 Å². The minimum Gasteiger partial charge on any atom is -0.364 e. The van der Waals surface area contributed by atoms with Gasteiger partial charge in [0.25, 0.3) is 5.91 Å². The summed E-state index contributed by atoms with van der Waals surface area (Å²) >= 11 is 0. The molecule has 18 heavy (non-hydrogen) atoms. The average Bonchev–Trinajstić information content (AvgIpc) is 2.41. The molecule has 2 aromatic rings. The van der Waals surface area contributed by atoms with Crippen LogP contribution in [0.25, 0.3) is 11.0 Å². The maximum absolute atomic E-state index is 10.8. The van der Waals surface area contributed by atoms with Gasteiger partial charge in [0, 0.05) is 0 Å². The van der Waals surface area contributed by atoms with E-state index in [0.29, 0.717) is 5.52 Å². The fourth-order valence-electron chi connectivity index (χ4n) is 1.08. The number of amides is 1. The molecule has 1 heterocycles. The van der Waals surface area contributed by atoms with Crippen LogP contribution in [-0.2, 0) is 0 Å². The van der Waals surface area contributed by atoms with Crippen LogP contribution in [-0.4, -0.2) is 22.4 Å². The monoisotopic (exact) mass is 248 g/mol. The molecule has 98 valence electrons. The van der Waals surface area contributed by atoms with E-state index in [0.717, 1.165) is 12.1 Å². The normalized spacial score (nSPS) is 8.67. The zero-order valence-corrected chi connectivity index (χ0v) is 11.1. The van der Waals surface area contributed by atoms with E-state index in [2.05, 4.69) is 9.97 Å². The lowest BCUT2D eigenvalue weighted by Crippen LogP contribution is -2.13. The van der Waals surface area contributed by atoms with Crippen molar-refractivity contribution in [1.29, 1.82) is 0 Å². The first-order valence-corrected chi connectivity index (χ1v) is 5.90. The second-order valence-electron chi connectivity index (χ2n) is 3.02. The topological polar surface area (TPSA) is 94.9 Å². The van der Waals surface area contributed by atoms with Crippen LogP contribution >= 0.6 is 0 Å². The standard InChI is InChI=1S/C9H7N3O.C2H7N.C2H6/c10-9(13)8-5-11-6-3-1-2-4-7(6)12-8;1-2-3;1-2/h1-5H,(H2,10,13);2-3H2,1H3;1-2H3. The van der Waals surface area contributed by atoms with Crippen molar-refractivity contribution in [3.8, 4) is 0 Å². The smallest absolute Gasteiger partial charge is 0.268 e. The number of nitrogens with zero attached hydrogens (tertiary/aromatic N) is 2. The quantitative estimate of drug-likeness (QED) is 0.803. The minimum absolute atomic E-state index is 0.193. The summed E-state index contributed by atoms with van der Waals surface area (Å²) in [5.74, 6) is -0.557. The molecular weight excluding hydrogens is 228 g/mol. The van der Waals surface area contributed by atoms with Gasteiger partial charge in [-0.05, 0) is 18.7 Å². The molecule has 0 aliphatic carbocycles. The molecule has 0 bridgehead atoms. The molecule has 0 saturated carbocycles. The van der Waals surface area contributed by atoms with E-state index in [1.807, 2.05) is 39.0 Å². The number of carbonyl (C=O) groups excluding carboxylic acids is 1. The maximum Gasteiger partial charge on any atom is 0.268 e. The molecule has 0 atom stereocenters. The molecular formula is C13H20N4O. The van der Waals surface area contributed by atoms with Crippen molar-refractivity contribution < 1.29 is 4.79 Å². The van der Waals surface area contributed by atoms with Crippen LogP contribution in [0.4, 0.5) is 0 Å². The van der Waals surface area contributed by atoms with Gasteiger partial charge in [-0.1, -0.05) is 32.9 Å². The fourth-order valence-corrected chi connectivity index (χ4v) is 1.08. The van der Waals surface area contributed by atoms with Gasteiger partial charge in [-0.2, -0.15) is 0 Å². The number of rotatable bonds is 1. The SMILES string of the molecule is CC.CCN.NC(=O)c1cnc2ccccc2n1. The first kappa shape index (κ1) is 16.0. The summed E-state index contributed by atoms with van der Waals surface area (Å²) in [4.78, 5) is 18.8. The first-order chi connectivity index (χ1) is 8.69. The summed E-state index contributed by atoms with van der Waals surface area (Å²) in [5, 5.41) is 0. The van der Waals surface area contributed by atoms with Gasteiger partial charge in [0.05, 0.1) is 17.2 Å². The molecule has 0 unspecified atom stereocenters. The third kappa shape index (κ3) is 4.88. The summed E-state index contributed by atoms with van der Waals surface area (Å²) in [5.41, 5.74) is 11.5. The van der Waals surface area contributed by atoms with Crippen molar-refractivity contribution >= 4 is 16.9 Å². The number of para-hydroxylation sites is 2. The van der Waals surface area contributed by atoms with Crippen LogP contribution in [0.15, 0.2) is 30.5 Å². The summed E-state index contributed by atoms with van der Waals surface area (Å²) in [6, 6.07) is 7.31. The molecule has 4 N–H and O–H groups in total. The van der Waals surface area contributed by atoms with E-state index < -0.39 is 5.91 Å². The van der Waals surface area contributed by atoms with Crippen molar-refractivity contribution in [3.05, 3.63) is 36.2 Å². The molecule has 0 aliphatic rings. The molecule has 1 aromatic carbocycles. The van der Waals surface area contributed by atoms with E-state index in [-0.39, 0.29) is 5.69 Å². The Morgan fingerprint density at radius 1 is 1.22 bits per heavy atom. The van der Waals surface area contributed by atoms with E-state index in [4.69, 9.17) is 11.5 Å². The third-order valence-corrected chi connectivity index (χ3v) is 1.70. The molecule has 0 fully saturated rings. The minimum atomic E-state index is -0.557. The Morgan fingerprint density at radius 2 is 1.72 bits per heavy atom. The highest BCUT2D eigenvalue weighted by Gasteiger charge is 2.03. The van der Waals surface area contributed by atoms with Gasteiger partial charge >= 0.3 is 0 Å². The Balaban J connectivity index is 0.000000509. The Labute approximate surface area is 107 Å². The predicted molar refractivity (Wildman–Crippen MR) is 74.1 cm³/mol. The van der Waals surface area contributed by atoms with Crippen LogP contribution in [0.5, 0.6) is 0 Å². The second-order valence-corrected chi connectivity index (χ2v) is 3.02. The van der Waals surface area contributed by atoms with Gasteiger partial charge in [-0.15, -0.1) is 0 Å². The van der Waals surface area contributed by atoms with Gasteiger partial charge in [0.1, 0.15) is 5.69 Å². The van der Waals surface area contributed by atoms with E-state index in [1.165, 1.54) is 6.20 Å². The molecule has 0 spiro atoms. The lowest BCUT2D eigenvalue weighted by Gasteiger charge is -1.97. The largest absolute Gasteiger partial charge is 0.364 e. The Hall–Kier alpha value is -2.01. The van der Waals surface area contributed by atoms with Crippen molar-refractivity contribution in [2.45, 2.75) is 20.8 Å². The van der Waals surface area contributed by atoms with Crippen LogP contribution in [0, 0.1) is 0 Å². The van der Waals surface area contributed by atoms with Gasteiger partial charge < -0.3 is 11.5 Å². The molecule has 5 nitrogen and oxygen atoms in total. The number of primary amides is 1. The zero-order chi connectivity index (χ0) is 14.0. The van der Waals surface area contributed by atoms with Gasteiger partial charge in [-0.25, -0.2) is 4.98 Å². The predicted octanol–water partition coefficient (Wildman–Crippen LogP) is 1.72. The Kier molecular flexibility index (Phi) is 8.05. The molecule has 0 aliphatic heterocycles. The summed E-state index contributed by atoms with van der Waals surface area (Å²) in [7, 11) is 0. The van der Waals surface area contributed by atoms with Crippen molar-refractivity contribution in [3.63, 3.8) is 0 Å². The molecule has 5 heteroatoms. The fraction of sp³-hybridized carbons (Fsp3) is 0.308. The Morgan fingerprint density at radius 3 is 2.22 bits per heavy atom. The van der Waals surface area contributed by atoms with E-state index in [1.54, 1.807) is 6.07 Å². The number of benzene rings is 1. The molecule has 1 amide bonds.